The van der Waals surface area contributed by atoms with Crippen molar-refractivity contribution in [2.45, 2.75) is 128 Å². The Balaban J connectivity index is 1.44. The maximum atomic E-state index is 16.1. The van der Waals surface area contributed by atoms with Crippen molar-refractivity contribution in [1.29, 1.82) is 5.26 Å². The van der Waals surface area contributed by atoms with Gasteiger partial charge in [0.25, 0.3) is 0 Å². The average molecular weight is 1020 g/mol. The number of ketones is 1. The van der Waals surface area contributed by atoms with Crippen LogP contribution in [0.15, 0.2) is 140 Å². The number of nitrogens with two attached hydrogens (primary N) is 1. The van der Waals surface area contributed by atoms with Crippen molar-refractivity contribution in [2.75, 3.05) is 24.9 Å². The molecule has 15 heteroatoms. The molecule has 0 saturated carbocycles. The Bertz CT molecular complexity index is 2990. The van der Waals surface area contributed by atoms with Gasteiger partial charge in [-0.05, 0) is 105 Å². The first kappa shape index (κ1) is 53.2. The zero-order chi connectivity index (χ0) is 53.0. The molecule has 5 aromatic carbocycles. The van der Waals surface area contributed by atoms with Crippen LogP contribution in [0.1, 0.15) is 93.7 Å². The number of fused-ring (bicyclic) bond motifs is 1. The second-order valence-electron chi connectivity index (χ2n) is 20.8. The number of carbonyl (C=O) groups excluding carboxylic acids is 1. The largest absolute Gasteiger partial charge is 0.497 e. The first-order valence-corrected chi connectivity index (χ1v) is 28.2. The van der Waals surface area contributed by atoms with Gasteiger partial charge in [0.15, 0.2) is 44.0 Å². The molecule has 2 N–H and O–H groups in total. The third-order valence-corrected chi connectivity index (χ3v) is 18.9. The SMILES string of the molecule is COc1ccc(C(OC(C(=O)c2ccccc2)[C@H]2O[C@@H](n3cnc4c(N)ncnc43)[C@H](Oc3cccc(CCC#N)c3N(C(C)C)C(C)C)[C@@H]2O[Si](C)(C)C(C)(C)C)(c2ccccc2)c2ccc(OC)cc2)cc1. The van der Waals surface area contributed by atoms with Crippen molar-refractivity contribution in [2.24, 2.45) is 0 Å². The normalized spacial score (nSPS) is 17.6. The minimum Gasteiger partial charge on any atom is -0.497 e. The fraction of sp³-hybridized carbons (Fsp3) is 0.373. The minimum atomic E-state index is -2.85. The predicted molar refractivity (Wildman–Crippen MR) is 291 cm³/mol. The highest BCUT2D eigenvalue weighted by atomic mass is 28.4. The van der Waals surface area contributed by atoms with E-state index in [2.05, 4.69) is 83.6 Å². The lowest BCUT2D eigenvalue weighted by molar-refractivity contribution is -0.125. The van der Waals surface area contributed by atoms with Crippen LogP contribution in [0.5, 0.6) is 17.2 Å². The number of hydrogen-bond donors (Lipinski definition) is 1. The Hall–Kier alpha value is -7.09. The summed E-state index contributed by atoms with van der Waals surface area (Å²) in [5, 5.41) is 9.56. The van der Waals surface area contributed by atoms with Gasteiger partial charge < -0.3 is 38.7 Å². The Morgan fingerprint density at radius 3 is 1.92 bits per heavy atom. The Labute approximate surface area is 436 Å². The standard InChI is InChI=1S/C59H69N7O7Si/c1-38(2)66(39(3)4)49-40(23-19-35-60)22-18-26-47(49)70-54-53(73-74(10,11)58(5,6)7)52(71-57(54)65-37-64-48-55(61)62-36-63-56(48)65)51(50(67)41-20-14-12-15-21-41)72-59(42-24-16-13-17-25-42,43-27-31-45(68-8)32-28-43)44-29-33-46(69-9)34-30-44/h12-18,20-22,24-34,36-39,51-54,57H,19,23H2,1-11H3,(H2,61,62,63)/t51?,52-,53-,54-,57-/m1/s1. The number of Topliss-reactive ketones (excluding diaryl/α,β-unsaturated/α-hetero) is 1. The molecule has 5 atom stereocenters. The lowest BCUT2D eigenvalue weighted by Crippen LogP contribution is -2.55. The predicted octanol–water partition coefficient (Wildman–Crippen LogP) is 11.5. The van der Waals surface area contributed by atoms with Crippen LogP contribution in [0.25, 0.3) is 11.2 Å². The van der Waals surface area contributed by atoms with E-state index < -0.39 is 44.6 Å². The molecule has 1 fully saturated rings. The molecule has 0 aliphatic carbocycles. The number of rotatable bonds is 20. The van der Waals surface area contributed by atoms with Crippen molar-refractivity contribution < 1.29 is 32.9 Å². The highest BCUT2D eigenvalue weighted by Gasteiger charge is 2.58. The quantitative estimate of drug-likeness (QED) is 0.0435. The fourth-order valence-corrected chi connectivity index (χ4v) is 11.1. The lowest BCUT2D eigenvalue weighted by atomic mass is 9.79. The summed E-state index contributed by atoms with van der Waals surface area (Å²) in [6.07, 6.45) is -1.76. The van der Waals surface area contributed by atoms with Crippen LogP contribution in [0.2, 0.25) is 18.1 Å². The number of para-hydroxylation sites is 1. The van der Waals surface area contributed by atoms with Gasteiger partial charge in [-0.15, -0.1) is 0 Å². The van der Waals surface area contributed by atoms with E-state index in [-0.39, 0.29) is 28.7 Å². The van der Waals surface area contributed by atoms with E-state index in [0.717, 1.165) is 27.9 Å². The zero-order valence-corrected chi connectivity index (χ0v) is 45.4. The summed E-state index contributed by atoms with van der Waals surface area (Å²) in [5.41, 5.74) is 10.2. The van der Waals surface area contributed by atoms with E-state index in [0.29, 0.717) is 46.8 Å². The van der Waals surface area contributed by atoms with Gasteiger partial charge in [0, 0.05) is 24.1 Å². The number of aromatic nitrogens is 4. The minimum absolute atomic E-state index is 0.0452. The topological polar surface area (TPSA) is 169 Å². The van der Waals surface area contributed by atoms with Gasteiger partial charge in [0.1, 0.15) is 46.9 Å². The van der Waals surface area contributed by atoms with Crippen LogP contribution in [-0.2, 0) is 25.9 Å². The van der Waals surface area contributed by atoms with Gasteiger partial charge in [-0.2, -0.15) is 5.26 Å². The number of aryl methyl sites for hydroxylation is 1. The van der Waals surface area contributed by atoms with Crippen LogP contribution >= 0.6 is 0 Å². The maximum Gasteiger partial charge on any atom is 0.194 e. The first-order chi connectivity index (χ1) is 35.4. The number of benzene rings is 5. The molecule has 0 amide bonds. The van der Waals surface area contributed by atoms with Crippen LogP contribution < -0.4 is 24.8 Å². The number of methoxy groups -OCH3 is 2. The van der Waals surface area contributed by atoms with Gasteiger partial charge in [-0.1, -0.05) is 118 Å². The monoisotopic (exact) mass is 1020 g/mol. The molecule has 0 spiro atoms. The fourth-order valence-electron chi connectivity index (χ4n) is 9.83. The van der Waals surface area contributed by atoms with E-state index in [1.807, 2.05) is 109 Å². The lowest BCUT2D eigenvalue weighted by Gasteiger charge is -2.43. The molecule has 1 unspecified atom stereocenters. The highest BCUT2D eigenvalue weighted by molar-refractivity contribution is 6.74. The molecular formula is C59H69N7O7Si. The molecule has 7 aromatic rings. The maximum absolute atomic E-state index is 16.1. The summed E-state index contributed by atoms with van der Waals surface area (Å²) in [6, 6.07) is 42.9. The van der Waals surface area contributed by atoms with Crippen molar-refractivity contribution in [3.63, 3.8) is 0 Å². The number of imidazole rings is 1. The van der Waals surface area contributed by atoms with E-state index in [1.165, 1.54) is 6.33 Å². The summed E-state index contributed by atoms with van der Waals surface area (Å²) < 4.78 is 44.1. The molecule has 3 heterocycles. The molecule has 74 heavy (non-hydrogen) atoms. The number of nitriles is 1. The van der Waals surface area contributed by atoms with Gasteiger partial charge >= 0.3 is 0 Å². The number of nitrogen functional groups attached to an aromatic ring is 1. The summed E-state index contributed by atoms with van der Waals surface area (Å²) >= 11 is 0. The summed E-state index contributed by atoms with van der Waals surface area (Å²) in [4.78, 5) is 32.2. The second-order valence-corrected chi connectivity index (χ2v) is 25.5. The number of hydrogen-bond acceptors (Lipinski definition) is 13. The third kappa shape index (κ3) is 10.5. The zero-order valence-electron chi connectivity index (χ0n) is 44.4. The van der Waals surface area contributed by atoms with Gasteiger partial charge in [-0.3, -0.25) is 9.36 Å². The van der Waals surface area contributed by atoms with Crippen LogP contribution in [0.4, 0.5) is 11.5 Å². The molecule has 0 radical (unpaired) electrons. The number of carbonyl (C=O) groups is 1. The van der Waals surface area contributed by atoms with Crippen molar-refractivity contribution >= 4 is 36.8 Å². The molecule has 386 valence electrons. The van der Waals surface area contributed by atoms with Crippen molar-refractivity contribution in [1.82, 2.24) is 19.5 Å². The molecule has 2 aromatic heterocycles. The summed E-state index contributed by atoms with van der Waals surface area (Å²) in [6.45, 7) is 19.5. The molecule has 14 nitrogen and oxygen atoms in total. The van der Waals surface area contributed by atoms with Crippen LogP contribution in [0.3, 0.4) is 0 Å². The third-order valence-electron chi connectivity index (χ3n) is 14.4. The second kappa shape index (κ2) is 22.2. The summed E-state index contributed by atoms with van der Waals surface area (Å²) in [7, 11) is 0.402. The van der Waals surface area contributed by atoms with Gasteiger partial charge in [0.05, 0.1) is 32.3 Å². The number of nitrogens with zero attached hydrogens (tertiary/aromatic N) is 6. The highest BCUT2D eigenvalue weighted by Crippen LogP contribution is 2.49. The van der Waals surface area contributed by atoms with Crippen molar-refractivity contribution in [3.8, 4) is 23.3 Å². The molecule has 1 aliphatic heterocycles. The van der Waals surface area contributed by atoms with Gasteiger partial charge in [-0.25, -0.2) is 15.0 Å². The van der Waals surface area contributed by atoms with Crippen molar-refractivity contribution in [3.05, 3.63) is 168 Å². The average Bonchev–Trinajstić information content (AvgIpc) is 3.98. The molecule has 0 bridgehead atoms. The van der Waals surface area contributed by atoms with Crippen LogP contribution in [0, 0.1) is 11.3 Å². The number of ether oxygens (including phenoxy) is 5. The molecule has 1 saturated heterocycles. The smallest absolute Gasteiger partial charge is 0.194 e. The van der Waals surface area contributed by atoms with Gasteiger partial charge in [0.2, 0.25) is 0 Å². The Morgan fingerprint density at radius 1 is 0.784 bits per heavy atom. The Kier molecular flexibility index (Phi) is 15.9. The van der Waals surface area contributed by atoms with E-state index in [4.69, 9.17) is 43.8 Å². The van der Waals surface area contributed by atoms with E-state index in [9.17, 15) is 5.26 Å². The molecule has 8 rings (SSSR count). The Morgan fingerprint density at radius 2 is 1.36 bits per heavy atom. The molecular weight excluding hydrogens is 947 g/mol. The molecule has 1 aliphatic rings. The summed E-state index contributed by atoms with van der Waals surface area (Å²) in [5.74, 6) is 1.71. The first-order valence-electron chi connectivity index (χ1n) is 25.3. The van der Waals surface area contributed by atoms with Crippen LogP contribution in [-0.4, -0.2) is 84.3 Å². The van der Waals surface area contributed by atoms with E-state index >= 15 is 4.79 Å². The van der Waals surface area contributed by atoms with E-state index in [1.54, 1.807) is 37.2 Å². The number of anilines is 2.